The zero-order valence-electron chi connectivity index (χ0n) is 17.1. The van der Waals surface area contributed by atoms with E-state index in [0.717, 1.165) is 36.1 Å². The van der Waals surface area contributed by atoms with Crippen LogP contribution in [0.1, 0.15) is 52.9 Å². The van der Waals surface area contributed by atoms with E-state index in [9.17, 15) is 14.4 Å². The van der Waals surface area contributed by atoms with E-state index in [1.54, 1.807) is 6.20 Å². The second-order valence-electron chi connectivity index (χ2n) is 8.64. The van der Waals surface area contributed by atoms with E-state index in [1.807, 2.05) is 0 Å². The molecule has 0 radical (unpaired) electrons. The fourth-order valence-electron chi connectivity index (χ4n) is 3.93. The van der Waals surface area contributed by atoms with E-state index in [-0.39, 0.29) is 29.6 Å². The Morgan fingerprint density at radius 3 is 2.52 bits per heavy atom. The molecule has 3 amide bonds. The molecule has 1 unspecified atom stereocenters. The lowest BCUT2D eigenvalue weighted by molar-refractivity contribution is -0.120. The lowest BCUT2D eigenvalue weighted by Crippen LogP contribution is -2.31. The smallest absolute Gasteiger partial charge is 0.254 e. The Hall–Kier alpha value is -2.81. The van der Waals surface area contributed by atoms with Gasteiger partial charge in [0.15, 0.2) is 5.82 Å². The van der Waals surface area contributed by atoms with Crippen molar-refractivity contribution in [3.8, 4) is 0 Å². The Morgan fingerprint density at radius 2 is 1.81 bits per heavy atom. The highest BCUT2D eigenvalue weighted by Gasteiger charge is 2.35. The molecule has 2 saturated carbocycles. The number of amides is 3. The van der Waals surface area contributed by atoms with E-state index < -0.39 is 0 Å². The summed E-state index contributed by atoms with van der Waals surface area (Å²) in [7, 11) is 0. The Labute approximate surface area is 184 Å². The molecule has 5 rings (SSSR count). The first kappa shape index (κ1) is 20.1. The number of anilines is 2. The first-order chi connectivity index (χ1) is 15.1. The van der Waals surface area contributed by atoms with Crippen molar-refractivity contribution in [2.75, 3.05) is 17.2 Å². The lowest BCUT2D eigenvalue weighted by atomic mass is 9.85. The number of carbonyl (C=O) groups excluding carboxylic acids is 3. The van der Waals surface area contributed by atoms with Crippen molar-refractivity contribution in [1.82, 2.24) is 15.3 Å². The number of fused-ring (bicyclic) bond motifs is 1. The van der Waals surface area contributed by atoms with Crippen molar-refractivity contribution in [2.45, 2.75) is 44.9 Å². The van der Waals surface area contributed by atoms with Crippen molar-refractivity contribution in [3.63, 3.8) is 0 Å². The van der Waals surface area contributed by atoms with Crippen LogP contribution in [0.15, 0.2) is 18.6 Å². The first-order valence-electron chi connectivity index (χ1n) is 10.9. The molecule has 3 aliphatic rings. The standard InChI is InChI=1S/C22H25N5O3S/c28-19(13-3-4-13)27-22-18(21(30)25-10-12-1-2-12)15-9-14(5-6-16(15)31-22)20(29)26-17-11-23-7-8-24-17/h7-8,11-14H,1-6,9-10H2,(H,25,30)(H,27,28)(H,24,26,29). The van der Waals surface area contributed by atoms with Crippen LogP contribution in [0.25, 0.3) is 0 Å². The minimum Gasteiger partial charge on any atom is -0.352 e. The molecule has 8 nitrogen and oxygen atoms in total. The summed E-state index contributed by atoms with van der Waals surface area (Å²) in [6.07, 6.45) is 10.6. The highest BCUT2D eigenvalue weighted by atomic mass is 32.1. The van der Waals surface area contributed by atoms with Gasteiger partial charge in [-0.1, -0.05) is 0 Å². The largest absolute Gasteiger partial charge is 0.352 e. The summed E-state index contributed by atoms with van der Waals surface area (Å²) < 4.78 is 0. The zero-order chi connectivity index (χ0) is 21.4. The zero-order valence-corrected chi connectivity index (χ0v) is 18.0. The molecular formula is C22H25N5O3S. The molecule has 9 heteroatoms. The summed E-state index contributed by atoms with van der Waals surface area (Å²) in [6.45, 7) is 0.663. The van der Waals surface area contributed by atoms with Gasteiger partial charge in [-0.15, -0.1) is 11.3 Å². The van der Waals surface area contributed by atoms with Crippen LogP contribution in [0.3, 0.4) is 0 Å². The molecular weight excluding hydrogens is 414 g/mol. The molecule has 0 saturated heterocycles. The highest BCUT2D eigenvalue weighted by Crippen LogP contribution is 2.41. The van der Waals surface area contributed by atoms with Crippen LogP contribution in [0.4, 0.5) is 10.8 Å². The second-order valence-corrected chi connectivity index (χ2v) is 9.75. The van der Waals surface area contributed by atoms with Gasteiger partial charge >= 0.3 is 0 Å². The minimum absolute atomic E-state index is 0.00761. The maximum Gasteiger partial charge on any atom is 0.254 e. The molecule has 0 bridgehead atoms. The van der Waals surface area contributed by atoms with Gasteiger partial charge in [0.2, 0.25) is 11.8 Å². The van der Waals surface area contributed by atoms with Crippen LogP contribution < -0.4 is 16.0 Å². The number of aromatic nitrogens is 2. The van der Waals surface area contributed by atoms with Gasteiger partial charge in [0, 0.05) is 35.7 Å². The number of hydrogen-bond acceptors (Lipinski definition) is 6. The summed E-state index contributed by atoms with van der Waals surface area (Å²) in [4.78, 5) is 47.5. The first-order valence-corrected chi connectivity index (χ1v) is 11.7. The van der Waals surface area contributed by atoms with Gasteiger partial charge in [-0.2, -0.15) is 0 Å². The Balaban J connectivity index is 1.36. The molecule has 31 heavy (non-hydrogen) atoms. The third-order valence-corrected chi connectivity index (χ3v) is 7.31. The fraction of sp³-hybridized carbons (Fsp3) is 0.500. The predicted molar refractivity (Wildman–Crippen MR) is 117 cm³/mol. The molecule has 0 spiro atoms. The maximum atomic E-state index is 13.1. The van der Waals surface area contributed by atoms with Gasteiger partial charge in [-0.3, -0.25) is 19.4 Å². The number of rotatable bonds is 7. The van der Waals surface area contributed by atoms with Crippen LogP contribution in [0.5, 0.6) is 0 Å². The SMILES string of the molecule is O=C(NCC1CC1)c1c(NC(=O)C2CC2)sc2c1CC(C(=O)Nc1cnccn1)CC2. The third-order valence-electron chi connectivity index (χ3n) is 6.11. The second kappa shape index (κ2) is 8.37. The average molecular weight is 440 g/mol. The molecule has 2 heterocycles. The molecule has 3 N–H and O–H groups in total. The highest BCUT2D eigenvalue weighted by molar-refractivity contribution is 7.17. The Morgan fingerprint density at radius 1 is 1.00 bits per heavy atom. The maximum absolute atomic E-state index is 13.1. The molecule has 0 aliphatic heterocycles. The van der Waals surface area contributed by atoms with E-state index in [4.69, 9.17) is 0 Å². The Kier molecular flexibility index (Phi) is 5.43. The van der Waals surface area contributed by atoms with Crippen molar-refractivity contribution in [2.24, 2.45) is 17.8 Å². The van der Waals surface area contributed by atoms with Crippen LogP contribution in [0.2, 0.25) is 0 Å². The summed E-state index contributed by atoms with van der Waals surface area (Å²) >= 11 is 1.48. The molecule has 0 aromatic carbocycles. The topological polar surface area (TPSA) is 113 Å². The number of nitrogens with zero attached hydrogens (tertiary/aromatic N) is 2. The third kappa shape index (κ3) is 4.61. The summed E-state index contributed by atoms with van der Waals surface area (Å²) in [5.41, 5.74) is 1.45. The van der Waals surface area contributed by atoms with E-state index in [1.165, 1.54) is 23.7 Å². The van der Waals surface area contributed by atoms with Crippen molar-refractivity contribution >= 4 is 39.9 Å². The molecule has 162 valence electrons. The normalized spacial score (nSPS) is 19.9. The number of nitrogens with one attached hydrogen (secondary N) is 3. The van der Waals surface area contributed by atoms with Crippen LogP contribution >= 0.6 is 11.3 Å². The monoisotopic (exact) mass is 439 g/mol. The quantitative estimate of drug-likeness (QED) is 0.614. The fourth-order valence-corrected chi connectivity index (χ4v) is 5.18. The van der Waals surface area contributed by atoms with Gasteiger partial charge in [-0.05, 0) is 56.4 Å². The number of thiophene rings is 1. The van der Waals surface area contributed by atoms with Crippen molar-refractivity contribution in [1.29, 1.82) is 0 Å². The van der Waals surface area contributed by atoms with Gasteiger partial charge in [0.05, 0.1) is 11.8 Å². The van der Waals surface area contributed by atoms with Crippen molar-refractivity contribution in [3.05, 3.63) is 34.6 Å². The average Bonchev–Trinajstić information content (AvgIpc) is 3.68. The van der Waals surface area contributed by atoms with Gasteiger partial charge in [0.1, 0.15) is 5.00 Å². The summed E-state index contributed by atoms with van der Waals surface area (Å²) in [5.74, 6) is 0.512. The molecule has 3 aliphatic carbocycles. The number of hydrogen-bond donors (Lipinski definition) is 3. The number of carbonyl (C=O) groups is 3. The van der Waals surface area contributed by atoms with Crippen molar-refractivity contribution < 1.29 is 14.4 Å². The molecule has 2 fully saturated rings. The Bertz CT molecular complexity index is 1010. The van der Waals surface area contributed by atoms with Crippen LogP contribution in [0, 0.1) is 17.8 Å². The lowest BCUT2D eigenvalue weighted by Gasteiger charge is -2.22. The van der Waals surface area contributed by atoms with Crippen LogP contribution in [-0.2, 0) is 22.4 Å². The van der Waals surface area contributed by atoms with E-state index in [2.05, 4.69) is 25.9 Å². The summed E-state index contributed by atoms with van der Waals surface area (Å²) in [6, 6.07) is 0. The summed E-state index contributed by atoms with van der Waals surface area (Å²) in [5, 5.41) is 9.49. The van der Waals surface area contributed by atoms with E-state index >= 15 is 0 Å². The molecule has 2 aromatic heterocycles. The van der Waals surface area contributed by atoms with Gasteiger partial charge < -0.3 is 16.0 Å². The van der Waals surface area contributed by atoms with Gasteiger partial charge in [0.25, 0.3) is 5.91 Å². The molecule has 1 atom stereocenters. The number of aryl methyl sites for hydroxylation is 1. The van der Waals surface area contributed by atoms with Gasteiger partial charge in [-0.25, -0.2) is 4.98 Å². The minimum atomic E-state index is -0.258. The van der Waals surface area contributed by atoms with Crippen LogP contribution in [-0.4, -0.2) is 34.2 Å². The predicted octanol–water partition coefficient (Wildman–Crippen LogP) is 2.77. The van der Waals surface area contributed by atoms with E-state index in [0.29, 0.717) is 48.1 Å². The molecule has 2 aromatic rings.